The zero-order chi connectivity index (χ0) is 22.2. The number of rotatable bonds is 9. The van der Waals surface area contributed by atoms with Crippen molar-refractivity contribution in [2.75, 3.05) is 58.3 Å². The number of hydrogen-bond donors (Lipinski definition) is 2. The first kappa shape index (κ1) is 23.1. The van der Waals surface area contributed by atoms with Crippen LogP contribution in [0.25, 0.3) is 0 Å². The van der Waals surface area contributed by atoms with Gasteiger partial charge in [-0.1, -0.05) is 18.2 Å². The van der Waals surface area contributed by atoms with E-state index in [1.807, 2.05) is 56.3 Å². The summed E-state index contributed by atoms with van der Waals surface area (Å²) in [6, 6.07) is 13.3. The molecule has 0 radical (unpaired) electrons. The van der Waals surface area contributed by atoms with Crippen LogP contribution in [0.4, 0.5) is 5.69 Å². The Morgan fingerprint density at radius 1 is 1.00 bits per heavy atom. The first-order valence-corrected chi connectivity index (χ1v) is 10.7. The number of β-amino-alcohol motifs (C(OH)–C–C–N with tert-alkyl or cyclic N) is 1. The van der Waals surface area contributed by atoms with E-state index in [0.717, 1.165) is 48.7 Å². The van der Waals surface area contributed by atoms with E-state index in [9.17, 15) is 9.90 Å². The van der Waals surface area contributed by atoms with E-state index in [1.165, 1.54) is 0 Å². The van der Waals surface area contributed by atoms with Crippen LogP contribution in [-0.4, -0.2) is 79.9 Å². The number of nitrogens with one attached hydrogen (secondary N) is 1. The molecule has 1 atom stereocenters. The number of aryl methyl sites for hydroxylation is 2. The molecule has 3 rings (SSSR count). The second kappa shape index (κ2) is 11.1. The molecule has 7 nitrogen and oxygen atoms in total. The van der Waals surface area contributed by atoms with Crippen LogP contribution in [0, 0.1) is 13.8 Å². The lowest BCUT2D eigenvalue weighted by atomic mass is 10.1. The first-order chi connectivity index (χ1) is 14.9. The lowest BCUT2D eigenvalue weighted by Crippen LogP contribution is -2.50. The number of aliphatic hydroxyl groups is 1. The number of hydrogen-bond acceptors (Lipinski definition) is 6. The molecule has 7 heteroatoms. The predicted octanol–water partition coefficient (Wildman–Crippen LogP) is 2.31. The van der Waals surface area contributed by atoms with Crippen molar-refractivity contribution in [2.24, 2.45) is 0 Å². The van der Waals surface area contributed by atoms with Gasteiger partial charge in [-0.2, -0.15) is 0 Å². The van der Waals surface area contributed by atoms with E-state index in [-0.39, 0.29) is 12.5 Å². The van der Waals surface area contributed by atoms with Crippen molar-refractivity contribution >= 4 is 11.6 Å². The highest BCUT2D eigenvalue weighted by Crippen LogP contribution is 2.19. The monoisotopic (exact) mass is 427 g/mol. The summed E-state index contributed by atoms with van der Waals surface area (Å²) in [5, 5.41) is 13.4. The van der Waals surface area contributed by atoms with Gasteiger partial charge in [-0.25, -0.2) is 0 Å². The Kier molecular flexibility index (Phi) is 8.28. The number of amides is 1. The van der Waals surface area contributed by atoms with Crippen LogP contribution in [0.1, 0.15) is 11.1 Å². The van der Waals surface area contributed by atoms with Crippen LogP contribution in [0.2, 0.25) is 0 Å². The maximum atomic E-state index is 12.5. The number of benzene rings is 2. The largest absolute Gasteiger partial charge is 0.497 e. The molecule has 0 spiro atoms. The number of nitrogens with zero attached hydrogens (tertiary/aromatic N) is 2. The zero-order valence-corrected chi connectivity index (χ0v) is 18.6. The smallest absolute Gasteiger partial charge is 0.238 e. The van der Waals surface area contributed by atoms with Crippen molar-refractivity contribution in [1.29, 1.82) is 0 Å². The molecule has 0 aromatic heterocycles. The van der Waals surface area contributed by atoms with Crippen molar-refractivity contribution in [3.05, 3.63) is 53.6 Å². The Morgan fingerprint density at radius 2 is 1.58 bits per heavy atom. The molecule has 168 valence electrons. The Bertz CT molecular complexity index is 828. The van der Waals surface area contributed by atoms with E-state index in [0.29, 0.717) is 18.8 Å². The summed E-state index contributed by atoms with van der Waals surface area (Å²) in [4.78, 5) is 16.8. The third-order valence-corrected chi connectivity index (χ3v) is 5.55. The van der Waals surface area contributed by atoms with Gasteiger partial charge in [0.15, 0.2) is 0 Å². The molecule has 1 fully saturated rings. The predicted molar refractivity (Wildman–Crippen MR) is 122 cm³/mol. The molecule has 1 saturated heterocycles. The maximum absolute atomic E-state index is 12.5. The van der Waals surface area contributed by atoms with Crippen molar-refractivity contribution in [2.45, 2.75) is 20.0 Å². The number of methoxy groups -OCH3 is 1. The molecule has 2 aromatic rings. The lowest BCUT2D eigenvalue weighted by molar-refractivity contribution is -0.117. The molecule has 0 aliphatic carbocycles. The minimum absolute atomic E-state index is 0.0128. The van der Waals surface area contributed by atoms with Crippen LogP contribution in [0.5, 0.6) is 11.5 Å². The standard InChI is InChI=1S/C24H33N3O4/c1-18-5-4-6-19(2)24(18)25-23(29)16-27-13-11-26(12-14-27)15-20(28)17-31-22-9-7-21(30-3)8-10-22/h4-10,20,28H,11-17H2,1-3H3,(H,25,29)/t20-/m1/s1. The highest BCUT2D eigenvalue weighted by molar-refractivity contribution is 5.93. The highest BCUT2D eigenvalue weighted by atomic mass is 16.5. The van der Waals surface area contributed by atoms with E-state index in [1.54, 1.807) is 7.11 Å². The summed E-state index contributed by atoms with van der Waals surface area (Å²) in [6.07, 6.45) is -0.569. The van der Waals surface area contributed by atoms with Gasteiger partial charge in [-0.05, 0) is 49.2 Å². The Morgan fingerprint density at radius 3 is 2.19 bits per heavy atom. The molecule has 1 amide bonds. The minimum Gasteiger partial charge on any atom is -0.497 e. The van der Waals surface area contributed by atoms with Crippen LogP contribution in [-0.2, 0) is 4.79 Å². The van der Waals surface area contributed by atoms with Gasteiger partial charge in [0.1, 0.15) is 24.2 Å². The fourth-order valence-corrected chi connectivity index (χ4v) is 3.74. The third kappa shape index (κ3) is 6.95. The van der Waals surface area contributed by atoms with Gasteiger partial charge in [-0.15, -0.1) is 0 Å². The van der Waals surface area contributed by atoms with Crippen LogP contribution in [0.15, 0.2) is 42.5 Å². The van der Waals surface area contributed by atoms with Gasteiger partial charge < -0.3 is 19.9 Å². The molecule has 2 aromatic carbocycles. The summed E-state index contributed by atoms with van der Waals surface area (Å²) in [5.41, 5.74) is 3.05. The first-order valence-electron chi connectivity index (χ1n) is 10.7. The number of ether oxygens (including phenoxy) is 2. The van der Waals surface area contributed by atoms with Gasteiger partial charge in [0, 0.05) is 38.4 Å². The normalized spacial score (nSPS) is 16.0. The van der Waals surface area contributed by atoms with Crippen molar-refractivity contribution in [3.63, 3.8) is 0 Å². The van der Waals surface area contributed by atoms with E-state index in [2.05, 4.69) is 15.1 Å². The van der Waals surface area contributed by atoms with Crippen LogP contribution < -0.4 is 14.8 Å². The van der Waals surface area contributed by atoms with E-state index in [4.69, 9.17) is 9.47 Å². The van der Waals surface area contributed by atoms with Crippen molar-refractivity contribution in [3.8, 4) is 11.5 Å². The van der Waals surface area contributed by atoms with E-state index >= 15 is 0 Å². The molecular weight excluding hydrogens is 394 g/mol. The average Bonchev–Trinajstić information content (AvgIpc) is 2.77. The van der Waals surface area contributed by atoms with Crippen LogP contribution in [0.3, 0.4) is 0 Å². The Labute approximate surface area is 184 Å². The molecular formula is C24H33N3O4. The second-order valence-corrected chi connectivity index (χ2v) is 8.03. The molecule has 1 aliphatic heterocycles. The Balaban J connectivity index is 1.36. The van der Waals surface area contributed by atoms with Gasteiger partial charge in [0.25, 0.3) is 0 Å². The molecule has 2 N–H and O–H groups in total. The molecule has 31 heavy (non-hydrogen) atoms. The van der Waals surface area contributed by atoms with Gasteiger partial charge in [0.2, 0.25) is 5.91 Å². The number of carbonyl (C=O) groups is 1. The molecule has 1 aliphatic rings. The van der Waals surface area contributed by atoms with Gasteiger partial charge in [-0.3, -0.25) is 14.6 Å². The van der Waals surface area contributed by atoms with Gasteiger partial charge in [0.05, 0.1) is 13.7 Å². The Hall–Kier alpha value is -2.61. The topological polar surface area (TPSA) is 74.3 Å². The maximum Gasteiger partial charge on any atom is 0.238 e. The SMILES string of the molecule is COc1ccc(OC[C@H](O)CN2CCN(CC(=O)Nc3c(C)cccc3C)CC2)cc1. The molecule has 0 unspecified atom stereocenters. The minimum atomic E-state index is -0.569. The average molecular weight is 428 g/mol. The summed E-state index contributed by atoms with van der Waals surface area (Å²) >= 11 is 0. The number of para-hydroxylation sites is 1. The fraction of sp³-hybridized carbons (Fsp3) is 0.458. The van der Waals surface area contributed by atoms with Crippen molar-refractivity contribution < 1.29 is 19.4 Å². The summed E-state index contributed by atoms with van der Waals surface area (Å²) in [6.45, 7) is 8.41. The fourth-order valence-electron chi connectivity index (χ4n) is 3.74. The summed E-state index contributed by atoms with van der Waals surface area (Å²) < 4.78 is 10.8. The zero-order valence-electron chi connectivity index (χ0n) is 18.6. The lowest BCUT2D eigenvalue weighted by Gasteiger charge is -2.35. The third-order valence-electron chi connectivity index (χ3n) is 5.55. The van der Waals surface area contributed by atoms with Crippen LogP contribution >= 0.6 is 0 Å². The quantitative estimate of drug-likeness (QED) is 0.640. The number of anilines is 1. The highest BCUT2D eigenvalue weighted by Gasteiger charge is 2.21. The number of piperazine rings is 1. The van der Waals surface area contributed by atoms with Crippen molar-refractivity contribution in [1.82, 2.24) is 9.80 Å². The number of carbonyl (C=O) groups excluding carboxylic acids is 1. The second-order valence-electron chi connectivity index (χ2n) is 8.03. The van der Waals surface area contributed by atoms with E-state index < -0.39 is 6.10 Å². The number of aliphatic hydroxyl groups excluding tert-OH is 1. The molecule has 0 bridgehead atoms. The molecule has 0 saturated carbocycles. The van der Waals surface area contributed by atoms with Gasteiger partial charge >= 0.3 is 0 Å². The summed E-state index contributed by atoms with van der Waals surface area (Å²) in [5.74, 6) is 1.49. The molecule has 1 heterocycles. The summed E-state index contributed by atoms with van der Waals surface area (Å²) in [7, 11) is 1.62.